The first-order valence-corrected chi connectivity index (χ1v) is 11.5. The van der Waals surface area contributed by atoms with Crippen LogP contribution in [-0.4, -0.2) is 40.0 Å². The van der Waals surface area contributed by atoms with Crippen molar-refractivity contribution in [3.05, 3.63) is 62.6 Å². The van der Waals surface area contributed by atoms with Crippen molar-refractivity contribution < 1.29 is 4.39 Å². The molecule has 30 heavy (non-hydrogen) atoms. The first kappa shape index (κ1) is 20.4. The summed E-state index contributed by atoms with van der Waals surface area (Å²) in [7, 11) is 2.18. The lowest BCUT2D eigenvalue weighted by molar-refractivity contribution is 0.202. The van der Waals surface area contributed by atoms with Gasteiger partial charge in [0.2, 0.25) is 5.28 Å². The normalized spacial score (nSPS) is 23.1. The second-order valence-corrected chi connectivity index (χ2v) is 9.65. The van der Waals surface area contributed by atoms with E-state index in [2.05, 4.69) is 67.0 Å². The number of likely N-dealkylation sites (N-methyl/N-ethyl adjacent to an activating group) is 1. The molecule has 0 aliphatic carbocycles. The zero-order valence-electron chi connectivity index (χ0n) is 16.3. The third-order valence-electron chi connectivity index (χ3n) is 6.37. The van der Waals surface area contributed by atoms with E-state index in [-0.39, 0.29) is 15.3 Å². The molecule has 2 aromatic carbocycles. The summed E-state index contributed by atoms with van der Waals surface area (Å²) in [6.45, 7) is 0.890. The van der Waals surface area contributed by atoms with Crippen LogP contribution in [0.2, 0.25) is 10.3 Å². The van der Waals surface area contributed by atoms with E-state index in [0.29, 0.717) is 34.4 Å². The number of hydrogen-bond donors (Lipinski definition) is 0. The number of fused-ring (bicyclic) bond motifs is 3. The Labute approximate surface area is 193 Å². The maximum atomic E-state index is 14.9. The second kappa shape index (κ2) is 7.90. The Morgan fingerprint density at radius 2 is 1.97 bits per heavy atom. The number of nitrogens with zero attached hydrogens (tertiary/aromatic N) is 4. The lowest BCUT2D eigenvalue weighted by Gasteiger charge is -2.32. The molecule has 5 rings (SSSR count). The standard InChI is InChI=1S/C22H20BrCl2FN4/c1-29(11-12-5-3-2-4-6-12)17-9-13-7-8-16(17)30(13)21-14-10-15(24)18(23)19(26)20(14)27-22(25)28-21/h2-6,10,13,16-17H,7-9,11H2,1H3/t13-,16+,17?/m1/s1. The van der Waals surface area contributed by atoms with E-state index in [1.165, 1.54) is 5.56 Å². The molecular weight excluding hydrogens is 490 g/mol. The Kier molecular flexibility index (Phi) is 5.38. The average molecular weight is 510 g/mol. The summed E-state index contributed by atoms with van der Waals surface area (Å²) in [6, 6.07) is 13.3. The van der Waals surface area contributed by atoms with Crippen molar-refractivity contribution in [2.75, 3.05) is 11.9 Å². The summed E-state index contributed by atoms with van der Waals surface area (Å²) in [6.07, 6.45) is 3.21. The van der Waals surface area contributed by atoms with Gasteiger partial charge in [0.15, 0.2) is 5.82 Å². The van der Waals surface area contributed by atoms with Gasteiger partial charge in [0.25, 0.3) is 0 Å². The van der Waals surface area contributed by atoms with Crippen LogP contribution in [0.5, 0.6) is 0 Å². The van der Waals surface area contributed by atoms with Gasteiger partial charge >= 0.3 is 0 Å². The Balaban J connectivity index is 1.52. The first-order valence-electron chi connectivity index (χ1n) is 9.97. The average Bonchev–Trinajstić information content (AvgIpc) is 3.31. The molecule has 3 heterocycles. The molecule has 2 aliphatic rings. The molecule has 1 unspecified atom stereocenters. The minimum atomic E-state index is -0.507. The fourth-order valence-electron chi connectivity index (χ4n) is 5.08. The predicted octanol–water partition coefficient (Wildman–Crippen LogP) is 6.08. The molecule has 0 saturated carbocycles. The van der Waals surface area contributed by atoms with Gasteiger partial charge in [0.05, 0.1) is 9.50 Å². The van der Waals surface area contributed by atoms with E-state index in [9.17, 15) is 4.39 Å². The zero-order valence-corrected chi connectivity index (χ0v) is 19.4. The molecule has 2 bridgehead atoms. The summed E-state index contributed by atoms with van der Waals surface area (Å²) in [5.74, 6) is 0.175. The molecule has 156 valence electrons. The molecule has 0 radical (unpaired) electrons. The van der Waals surface area contributed by atoms with Gasteiger partial charge in [-0.3, -0.25) is 4.90 Å². The second-order valence-electron chi connectivity index (χ2n) is 8.11. The van der Waals surface area contributed by atoms with Crippen LogP contribution in [-0.2, 0) is 6.54 Å². The number of hydrogen-bond acceptors (Lipinski definition) is 4. The van der Waals surface area contributed by atoms with Crippen LogP contribution in [0.1, 0.15) is 24.8 Å². The van der Waals surface area contributed by atoms with Crippen molar-refractivity contribution in [3.63, 3.8) is 0 Å². The molecule has 2 saturated heterocycles. The highest BCUT2D eigenvalue weighted by atomic mass is 79.9. The van der Waals surface area contributed by atoms with E-state index in [1.54, 1.807) is 6.07 Å². The van der Waals surface area contributed by atoms with Gasteiger partial charge in [-0.1, -0.05) is 41.9 Å². The number of aromatic nitrogens is 2. The largest absolute Gasteiger partial charge is 0.348 e. The van der Waals surface area contributed by atoms with Crippen molar-refractivity contribution >= 4 is 55.9 Å². The number of benzene rings is 2. The lowest BCUT2D eigenvalue weighted by atomic mass is 9.94. The molecular formula is C22H20BrCl2FN4. The summed E-state index contributed by atoms with van der Waals surface area (Å²) >= 11 is 15.7. The molecule has 1 aromatic heterocycles. The van der Waals surface area contributed by atoms with E-state index in [4.69, 9.17) is 23.2 Å². The van der Waals surface area contributed by atoms with Crippen molar-refractivity contribution in [1.29, 1.82) is 0 Å². The summed E-state index contributed by atoms with van der Waals surface area (Å²) < 4.78 is 15.1. The molecule has 2 fully saturated rings. The van der Waals surface area contributed by atoms with Crippen LogP contribution in [0.4, 0.5) is 10.2 Å². The van der Waals surface area contributed by atoms with Gasteiger partial charge < -0.3 is 4.90 Å². The molecule has 0 spiro atoms. The lowest BCUT2D eigenvalue weighted by Crippen LogP contribution is -2.42. The van der Waals surface area contributed by atoms with Crippen molar-refractivity contribution in [1.82, 2.24) is 14.9 Å². The highest BCUT2D eigenvalue weighted by Gasteiger charge is 2.48. The van der Waals surface area contributed by atoms with Gasteiger partial charge in [0, 0.05) is 30.1 Å². The molecule has 0 N–H and O–H groups in total. The van der Waals surface area contributed by atoms with Crippen LogP contribution in [0.3, 0.4) is 0 Å². The molecule has 3 aromatic rings. The summed E-state index contributed by atoms with van der Waals surface area (Å²) in [5.41, 5.74) is 1.49. The minimum Gasteiger partial charge on any atom is -0.348 e. The SMILES string of the molecule is CN(Cc1ccccc1)C1C[C@H]2CC[C@@H]1N2c1nc(Cl)nc2c(F)c(Br)c(Cl)cc12. The molecule has 2 aliphatic heterocycles. The van der Waals surface area contributed by atoms with E-state index in [0.717, 1.165) is 25.8 Å². The third-order valence-corrected chi connectivity index (χ3v) is 7.84. The topological polar surface area (TPSA) is 32.3 Å². The van der Waals surface area contributed by atoms with Gasteiger partial charge in [-0.05, 0) is 65.5 Å². The third kappa shape index (κ3) is 3.38. The maximum absolute atomic E-state index is 14.9. The summed E-state index contributed by atoms with van der Waals surface area (Å²) in [4.78, 5) is 13.4. The van der Waals surface area contributed by atoms with Gasteiger partial charge in [-0.25, -0.2) is 9.37 Å². The van der Waals surface area contributed by atoms with Crippen LogP contribution in [0.25, 0.3) is 10.9 Å². The number of anilines is 1. The van der Waals surface area contributed by atoms with Crippen molar-refractivity contribution in [2.24, 2.45) is 0 Å². The maximum Gasteiger partial charge on any atom is 0.225 e. The van der Waals surface area contributed by atoms with Crippen LogP contribution >= 0.6 is 39.1 Å². The van der Waals surface area contributed by atoms with Gasteiger partial charge in [-0.2, -0.15) is 4.98 Å². The molecule has 8 heteroatoms. The van der Waals surface area contributed by atoms with Crippen LogP contribution < -0.4 is 4.90 Å². The van der Waals surface area contributed by atoms with Crippen molar-refractivity contribution in [3.8, 4) is 0 Å². The molecule has 4 nitrogen and oxygen atoms in total. The monoisotopic (exact) mass is 508 g/mol. The Hall–Kier alpha value is -1.47. The fraction of sp³-hybridized carbons (Fsp3) is 0.364. The number of rotatable bonds is 4. The van der Waals surface area contributed by atoms with Crippen LogP contribution in [0.15, 0.2) is 40.9 Å². The summed E-state index contributed by atoms with van der Waals surface area (Å²) in [5, 5.41) is 0.955. The molecule has 0 amide bonds. The van der Waals surface area contributed by atoms with Crippen LogP contribution in [0, 0.1) is 5.82 Å². The number of halogens is 4. The first-order chi connectivity index (χ1) is 14.4. The highest BCUT2D eigenvalue weighted by molar-refractivity contribution is 9.10. The quantitative estimate of drug-likeness (QED) is 0.315. The van der Waals surface area contributed by atoms with Gasteiger partial charge in [-0.15, -0.1) is 0 Å². The fourth-order valence-corrected chi connectivity index (χ4v) is 5.74. The van der Waals surface area contributed by atoms with Crippen molar-refractivity contribution in [2.45, 2.75) is 43.9 Å². The molecule has 3 atom stereocenters. The van der Waals surface area contributed by atoms with Gasteiger partial charge in [0.1, 0.15) is 11.3 Å². The Morgan fingerprint density at radius 1 is 1.20 bits per heavy atom. The Bertz CT molecular complexity index is 1110. The van der Waals surface area contributed by atoms with E-state index < -0.39 is 5.82 Å². The smallest absolute Gasteiger partial charge is 0.225 e. The predicted molar refractivity (Wildman–Crippen MR) is 123 cm³/mol. The minimum absolute atomic E-state index is 0.0473. The van der Waals surface area contributed by atoms with E-state index >= 15 is 0 Å². The zero-order chi connectivity index (χ0) is 21.0. The van der Waals surface area contributed by atoms with E-state index in [1.807, 2.05) is 6.07 Å². The Morgan fingerprint density at radius 3 is 2.73 bits per heavy atom. The highest BCUT2D eigenvalue weighted by Crippen LogP contribution is 2.45.